The zero-order valence-corrected chi connectivity index (χ0v) is 13.7. The van der Waals surface area contributed by atoms with E-state index in [1.165, 1.54) is 30.4 Å². The summed E-state index contributed by atoms with van der Waals surface area (Å²) in [5.74, 6) is 2.54. The summed E-state index contributed by atoms with van der Waals surface area (Å²) >= 11 is 0. The molecular formula is C19H31N. The smallest absolute Gasteiger partial charge is 0.0348 e. The topological polar surface area (TPSA) is 12.0 Å². The van der Waals surface area contributed by atoms with Gasteiger partial charge in [-0.05, 0) is 61.1 Å². The van der Waals surface area contributed by atoms with Crippen LogP contribution in [0.4, 0.5) is 0 Å². The van der Waals surface area contributed by atoms with Crippen LogP contribution in [0.3, 0.4) is 0 Å². The fraction of sp³-hybridized carbons (Fsp3) is 0.684. The minimum atomic E-state index is 0.538. The zero-order valence-electron chi connectivity index (χ0n) is 13.7. The lowest BCUT2D eigenvalue weighted by atomic mass is 9.72. The van der Waals surface area contributed by atoms with Crippen LogP contribution in [-0.4, -0.2) is 6.54 Å². The third-order valence-corrected chi connectivity index (χ3v) is 4.86. The van der Waals surface area contributed by atoms with Crippen molar-refractivity contribution in [3.63, 3.8) is 0 Å². The molecule has 1 nitrogen and oxygen atoms in total. The summed E-state index contributed by atoms with van der Waals surface area (Å²) in [5.41, 5.74) is 2.92. The molecule has 1 aliphatic carbocycles. The van der Waals surface area contributed by atoms with Gasteiger partial charge in [0.25, 0.3) is 0 Å². The molecule has 3 atom stereocenters. The lowest BCUT2D eigenvalue weighted by Crippen LogP contribution is -2.33. The zero-order chi connectivity index (χ0) is 14.5. The molecule has 0 heterocycles. The first kappa shape index (κ1) is 15.6. The van der Waals surface area contributed by atoms with Crippen LogP contribution in [0.1, 0.15) is 64.1 Å². The van der Waals surface area contributed by atoms with Crippen LogP contribution in [0.2, 0.25) is 0 Å². The molecule has 2 rings (SSSR count). The third-order valence-electron chi connectivity index (χ3n) is 4.86. The summed E-state index contributed by atoms with van der Waals surface area (Å²) in [6.07, 6.45) is 5.28. The third kappa shape index (κ3) is 3.85. The van der Waals surface area contributed by atoms with Crippen molar-refractivity contribution in [1.82, 2.24) is 5.32 Å². The van der Waals surface area contributed by atoms with Crippen LogP contribution in [0.25, 0.3) is 0 Å². The number of benzene rings is 1. The Morgan fingerprint density at radius 1 is 1.00 bits per heavy atom. The van der Waals surface area contributed by atoms with Gasteiger partial charge in [0.05, 0.1) is 0 Å². The van der Waals surface area contributed by atoms with Crippen molar-refractivity contribution in [2.24, 2.45) is 17.8 Å². The maximum absolute atomic E-state index is 3.75. The molecule has 3 unspecified atom stereocenters. The average Bonchev–Trinajstić information content (AvgIpc) is 2.44. The predicted molar refractivity (Wildman–Crippen MR) is 87.9 cm³/mol. The maximum atomic E-state index is 3.75. The summed E-state index contributed by atoms with van der Waals surface area (Å²) < 4.78 is 0. The van der Waals surface area contributed by atoms with Crippen molar-refractivity contribution in [2.75, 3.05) is 6.54 Å². The van der Waals surface area contributed by atoms with Crippen molar-refractivity contribution in [3.8, 4) is 0 Å². The van der Waals surface area contributed by atoms with E-state index in [9.17, 15) is 0 Å². The molecule has 1 aromatic rings. The van der Waals surface area contributed by atoms with Crippen LogP contribution in [0.5, 0.6) is 0 Å². The monoisotopic (exact) mass is 273 g/mol. The minimum Gasteiger partial charge on any atom is -0.310 e. The molecule has 20 heavy (non-hydrogen) atoms. The molecule has 1 aliphatic rings. The quantitative estimate of drug-likeness (QED) is 0.798. The van der Waals surface area contributed by atoms with E-state index in [1.807, 2.05) is 0 Å². The van der Waals surface area contributed by atoms with E-state index >= 15 is 0 Å². The molecular weight excluding hydrogens is 242 g/mol. The SMILES string of the molecule is CCNC(c1ccc(CC)cc1)C1CC(C)CC(C)C1. The normalized spacial score (nSPS) is 28.3. The molecule has 0 radical (unpaired) electrons. The Morgan fingerprint density at radius 2 is 1.60 bits per heavy atom. The Morgan fingerprint density at radius 3 is 2.10 bits per heavy atom. The Bertz CT molecular complexity index is 385. The summed E-state index contributed by atoms with van der Waals surface area (Å²) in [6, 6.07) is 9.83. The van der Waals surface area contributed by atoms with Gasteiger partial charge in [-0.15, -0.1) is 0 Å². The average molecular weight is 273 g/mol. The van der Waals surface area contributed by atoms with Gasteiger partial charge < -0.3 is 5.32 Å². The molecule has 1 aromatic carbocycles. The van der Waals surface area contributed by atoms with Gasteiger partial charge in [0, 0.05) is 6.04 Å². The Hall–Kier alpha value is -0.820. The number of rotatable bonds is 5. The van der Waals surface area contributed by atoms with Crippen LogP contribution < -0.4 is 5.32 Å². The van der Waals surface area contributed by atoms with E-state index in [-0.39, 0.29) is 0 Å². The molecule has 1 N–H and O–H groups in total. The fourth-order valence-electron chi connectivity index (χ4n) is 4.02. The summed E-state index contributed by atoms with van der Waals surface area (Å²) in [6.45, 7) is 10.3. The second kappa shape index (κ2) is 7.26. The molecule has 0 amide bonds. The molecule has 112 valence electrons. The second-order valence-electron chi connectivity index (χ2n) is 6.81. The van der Waals surface area contributed by atoms with Crippen molar-refractivity contribution >= 4 is 0 Å². The Balaban J connectivity index is 2.16. The summed E-state index contributed by atoms with van der Waals surface area (Å²) in [5, 5.41) is 3.75. The van der Waals surface area contributed by atoms with E-state index < -0.39 is 0 Å². The van der Waals surface area contributed by atoms with Gasteiger partial charge in [-0.25, -0.2) is 0 Å². The van der Waals surface area contributed by atoms with E-state index in [0.29, 0.717) is 6.04 Å². The standard InChI is InChI=1S/C19H31N/c1-5-16-7-9-17(10-8-16)19(20-6-2)18-12-14(3)11-15(4)13-18/h7-10,14-15,18-20H,5-6,11-13H2,1-4H3. The van der Waals surface area contributed by atoms with E-state index in [4.69, 9.17) is 0 Å². The number of nitrogens with one attached hydrogen (secondary N) is 1. The van der Waals surface area contributed by atoms with Crippen LogP contribution in [0.15, 0.2) is 24.3 Å². The molecule has 1 heteroatoms. The molecule has 0 bridgehead atoms. The van der Waals surface area contributed by atoms with Gasteiger partial charge in [0.1, 0.15) is 0 Å². The highest BCUT2D eigenvalue weighted by Crippen LogP contribution is 2.39. The van der Waals surface area contributed by atoms with Gasteiger partial charge in [-0.3, -0.25) is 0 Å². The summed E-state index contributed by atoms with van der Waals surface area (Å²) in [4.78, 5) is 0. The van der Waals surface area contributed by atoms with Gasteiger partial charge in [-0.2, -0.15) is 0 Å². The highest BCUT2D eigenvalue weighted by molar-refractivity contribution is 5.25. The highest BCUT2D eigenvalue weighted by Gasteiger charge is 2.30. The number of hydrogen-bond donors (Lipinski definition) is 1. The molecule has 0 aliphatic heterocycles. The first-order valence-corrected chi connectivity index (χ1v) is 8.46. The maximum Gasteiger partial charge on any atom is 0.0348 e. The van der Waals surface area contributed by atoms with E-state index in [1.54, 1.807) is 0 Å². The van der Waals surface area contributed by atoms with E-state index in [0.717, 1.165) is 30.7 Å². The Kier molecular flexibility index (Phi) is 5.65. The van der Waals surface area contributed by atoms with Crippen molar-refractivity contribution in [2.45, 2.75) is 59.4 Å². The van der Waals surface area contributed by atoms with Crippen LogP contribution >= 0.6 is 0 Å². The van der Waals surface area contributed by atoms with Crippen molar-refractivity contribution in [1.29, 1.82) is 0 Å². The predicted octanol–water partition coefficient (Wildman–Crippen LogP) is 4.97. The van der Waals surface area contributed by atoms with Gasteiger partial charge >= 0.3 is 0 Å². The largest absolute Gasteiger partial charge is 0.310 e. The van der Waals surface area contributed by atoms with E-state index in [2.05, 4.69) is 57.3 Å². The second-order valence-corrected chi connectivity index (χ2v) is 6.81. The van der Waals surface area contributed by atoms with Crippen LogP contribution in [-0.2, 0) is 6.42 Å². The van der Waals surface area contributed by atoms with Gasteiger partial charge in [0.2, 0.25) is 0 Å². The van der Waals surface area contributed by atoms with Crippen molar-refractivity contribution < 1.29 is 0 Å². The molecule has 1 saturated carbocycles. The Labute approximate surface area is 125 Å². The van der Waals surface area contributed by atoms with Crippen molar-refractivity contribution in [3.05, 3.63) is 35.4 Å². The van der Waals surface area contributed by atoms with Crippen LogP contribution in [0, 0.1) is 17.8 Å². The van der Waals surface area contributed by atoms with Gasteiger partial charge in [0.15, 0.2) is 0 Å². The lowest BCUT2D eigenvalue weighted by molar-refractivity contribution is 0.177. The fourth-order valence-corrected chi connectivity index (χ4v) is 4.02. The molecule has 1 fully saturated rings. The number of aryl methyl sites for hydroxylation is 1. The summed E-state index contributed by atoms with van der Waals surface area (Å²) in [7, 11) is 0. The van der Waals surface area contributed by atoms with Gasteiger partial charge in [-0.1, -0.05) is 52.0 Å². The molecule has 0 spiro atoms. The highest BCUT2D eigenvalue weighted by atomic mass is 14.9. The molecule has 0 aromatic heterocycles. The number of hydrogen-bond acceptors (Lipinski definition) is 1. The minimum absolute atomic E-state index is 0.538. The molecule has 0 saturated heterocycles. The lowest BCUT2D eigenvalue weighted by Gasteiger charge is -2.37. The first-order valence-electron chi connectivity index (χ1n) is 8.46. The first-order chi connectivity index (χ1) is 9.63.